The van der Waals surface area contributed by atoms with Crippen molar-refractivity contribution in [3.8, 4) is 16.9 Å². The third kappa shape index (κ3) is 2.98. The monoisotopic (exact) mass is 332 g/mol. The van der Waals surface area contributed by atoms with Gasteiger partial charge in [0.1, 0.15) is 5.75 Å². The van der Waals surface area contributed by atoms with Crippen molar-refractivity contribution in [1.29, 1.82) is 0 Å². The van der Waals surface area contributed by atoms with Crippen molar-refractivity contribution in [2.24, 2.45) is 0 Å². The quantitative estimate of drug-likeness (QED) is 0.743. The van der Waals surface area contributed by atoms with Gasteiger partial charge in [-0.2, -0.15) is 0 Å². The summed E-state index contributed by atoms with van der Waals surface area (Å²) in [4.78, 5) is 10.9. The van der Waals surface area contributed by atoms with Gasteiger partial charge < -0.3 is 9.84 Å². The molecule has 4 rings (SSSR count). The van der Waals surface area contributed by atoms with Crippen LogP contribution in [0.3, 0.4) is 0 Å². The van der Waals surface area contributed by atoms with Crippen LogP contribution in [0.15, 0.2) is 54.6 Å². The van der Waals surface area contributed by atoms with Crippen molar-refractivity contribution in [2.75, 3.05) is 6.61 Å². The molecular formula is C22H20O3. The van der Waals surface area contributed by atoms with Crippen LogP contribution in [0.5, 0.6) is 5.75 Å². The molecule has 3 nitrogen and oxygen atoms in total. The van der Waals surface area contributed by atoms with E-state index in [-0.39, 0.29) is 6.42 Å². The summed E-state index contributed by atoms with van der Waals surface area (Å²) in [6.45, 7) is 0.763. The van der Waals surface area contributed by atoms with Crippen LogP contribution in [0, 0.1) is 0 Å². The third-order valence-electron chi connectivity index (χ3n) is 4.84. The molecule has 0 fully saturated rings. The molecule has 126 valence electrons. The van der Waals surface area contributed by atoms with Crippen LogP contribution in [0.2, 0.25) is 0 Å². The van der Waals surface area contributed by atoms with E-state index in [1.165, 1.54) is 5.56 Å². The highest BCUT2D eigenvalue weighted by molar-refractivity contribution is 5.99. The van der Waals surface area contributed by atoms with Crippen LogP contribution in [0.25, 0.3) is 21.9 Å². The maximum atomic E-state index is 10.9. The zero-order chi connectivity index (χ0) is 17.2. The number of carboxylic acid groups (broad SMARTS) is 1. The molecule has 25 heavy (non-hydrogen) atoms. The molecule has 0 saturated heterocycles. The largest absolute Gasteiger partial charge is 0.493 e. The second-order valence-corrected chi connectivity index (χ2v) is 6.46. The van der Waals surface area contributed by atoms with Crippen molar-refractivity contribution < 1.29 is 14.6 Å². The Kier molecular flexibility index (Phi) is 4.14. The van der Waals surface area contributed by atoms with Gasteiger partial charge in [0.25, 0.3) is 0 Å². The molecular weight excluding hydrogens is 312 g/mol. The molecule has 1 heterocycles. The second kappa shape index (κ2) is 6.60. The molecule has 0 atom stereocenters. The number of carboxylic acids is 1. The fourth-order valence-electron chi connectivity index (χ4n) is 3.67. The number of benzene rings is 3. The minimum atomic E-state index is -0.765. The second-order valence-electron chi connectivity index (χ2n) is 6.46. The van der Waals surface area contributed by atoms with Gasteiger partial charge in [0.05, 0.1) is 6.61 Å². The van der Waals surface area contributed by atoms with Crippen molar-refractivity contribution in [3.63, 3.8) is 0 Å². The van der Waals surface area contributed by atoms with Crippen molar-refractivity contribution in [3.05, 3.63) is 65.7 Å². The van der Waals surface area contributed by atoms with Crippen LogP contribution in [-0.4, -0.2) is 17.7 Å². The van der Waals surface area contributed by atoms with Gasteiger partial charge in [0.2, 0.25) is 0 Å². The molecule has 0 radical (unpaired) electrons. The maximum Gasteiger partial charge on any atom is 0.303 e. The molecule has 1 aliphatic heterocycles. The zero-order valence-corrected chi connectivity index (χ0v) is 14.0. The lowest BCUT2D eigenvalue weighted by Gasteiger charge is -2.21. The van der Waals surface area contributed by atoms with E-state index in [0.29, 0.717) is 6.42 Å². The number of hydrogen-bond donors (Lipinski definition) is 1. The lowest BCUT2D eigenvalue weighted by atomic mass is 9.92. The Morgan fingerprint density at radius 1 is 0.960 bits per heavy atom. The highest BCUT2D eigenvalue weighted by Crippen LogP contribution is 2.39. The van der Waals surface area contributed by atoms with E-state index >= 15 is 0 Å². The van der Waals surface area contributed by atoms with Gasteiger partial charge in [0, 0.05) is 12.0 Å². The molecule has 0 spiro atoms. The molecule has 1 aliphatic rings. The van der Waals surface area contributed by atoms with E-state index in [9.17, 15) is 4.79 Å². The van der Waals surface area contributed by atoms with Gasteiger partial charge in [-0.05, 0) is 46.7 Å². The number of fused-ring (bicyclic) bond motifs is 2. The SMILES string of the molecule is O=C(O)CCc1cccc2c(-c3cccc4c3OCCC4)cccc12. The van der Waals surface area contributed by atoms with E-state index in [4.69, 9.17) is 9.84 Å². The third-order valence-corrected chi connectivity index (χ3v) is 4.84. The highest BCUT2D eigenvalue weighted by atomic mass is 16.5. The first-order valence-corrected chi connectivity index (χ1v) is 8.71. The fourth-order valence-corrected chi connectivity index (χ4v) is 3.67. The van der Waals surface area contributed by atoms with Crippen LogP contribution in [0.1, 0.15) is 24.0 Å². The number of aliphatic carboxylic acids is 1. The Hall–Kier alpha value is -2.81. The first-order valence-electron chi connectivity index (χ1n) is 8.71. The summed E-state index contributed by atoms with van der Waals surface area (Å²) in [5.74, 6) is 0.232. The molecule has 0 amide bonds. The molecule has 3 heteroatoms. The first kappa shape index (κ1) is 15.7. The van der Waals surface area contributed by atoms with Gasteiger partial charge in [-0.1, -0.05) is 54.6 Å². The molecule has 0 aliphatic carbocycles. The minimum absolute atomic E-state index is 0.146. The molecule has 0 saturated carbocycles. The van der Waals surface area contributed by atoms with E-state index < -0.39 is 5.97 Å². The number of para-hydroxylation sites is 1. The van der Waals surface area contributed by atoms with Gasteiger partial charge in [0.15, 0.2) is 0 Å². The predicted molar refractivity (Wildman–Crippen MR) is 99.2 cm³/mol. The summed E-state index contributed by atoms with van der Waals surface area (Å²) >= 11 is 0. The van der Waals surface area contributed by atoms with Crippen molar-refractivity contribution in [2.45, 2.75) is 25.7 Å². The van der Waals surface area contributed by atoms with E-state index in [1.807, 2.05) is 18.2 Å². The fraction of sp³-hybridized carbons (Fsp3) is 0.227. The Balaban J connectivity index is 1.86. The van der Waals surface area contributed by atoms with Gasteiger partial charge >= 0.3 is 5.97 Å². The zero-order valence-electron chi connectivity index (χ0n) is 14.0. The van der Waals surface area contributed by atoms with Gasteiger partial charge in [-0.3, -0.25) is 4.79 Å². The van der Waals surface area contributed by atoms with E-state index in [1.54, 1.807) is 0 Å². The van der Waals surface area contributed by atoms with E-state index in [2.05, 4.69) is 36.4 Å². The first-order chi connectivity index (χ1) is 12.2. The molecule has 1 N–H and O–H groups in total. The van der Waals surface area contributed by atoms with Crippen molar-refractivity contribution >= 4 is 16.7 Å². The Bertz CT molecular complexity index is 943. The van der Waals surface area contributed by atoms with E-state index in [0.717, 1.165) is 52.7 Å². The highest BCUT2D eigenvalue weighted by Gasteiger charge is 2.17. The predicted octanol–water partition coefficient (Wildman–Crippen LogP) is 4.85. The molecule has 0 bridgehead atoms. The van der Waals surface area contributed by atoms with Gasteiger partial charge in [-0.25, -0.2) is 0 Å². The lowest BCUT2D eigenvalue weighted by Crippen LogP contribution is -2.09. The Labute approximate surface area is 146 Å². The smallest absolute Gasteiger partial charge is 0.303 e. The molecule has 3 aromatic carbocycles. The summed E-state index contributed by atoms with van der Waals surface area (Å²) < 4.78 is 5.99. The number of aryl methyl sites for hydroxylation is 2. The minimum Gasteiger partial charge on any atom is -0.493 e. The summed E-state index contributed by atoms with van der Waals surface area (Å²) in [5, 5.41) is 11.3. The normalized spacial score (nSPS) is 13.3. The lowest BCUT2D eigenvalue weighted by molar-refractivity contribution is -0.136. The van der Waals surface area contributed by atoms with Crippen molar-refractivity contribution in [1.82, 2.24) is 0 Å². The summed E-state index contributed by atoms with van der Waals surface area (Å²) in [6.07, 6.45) is 2.80. The van der Waals surface area contributed by atoms with Gasteiger partial charge in [-0.15, -0.1) is 0 Å². The van der Waals surface area contributed by atoms with Crippen LogP contribution >= 0.6 is 0 Å². The Morgan fingerprint density at radius 2 is 1.72 bits per heavy atom. The average molecular weight is 332 g/mol. The number of hydrogen-bond acceptors (Lipinski definition) is 2. The average Bonchev–Trinajstić information content (AvgIpc) is 2.65. The summed E-state index contributed by atoms with van der Waals surface area (Å²) in [5.41, 5.74) is 4.61. The molecule has 0 unspecified atom stereocenters. The standard InChI is InChI=1S/C22H20O3/c23-21(24)13-12-15-5-1-9-18-17(15)8-3-10-19(18)20-11-2-6-16-7-4-14-25-22(16)20/h1-3,5-6,8-11H,4,7,12-14H2,(H,23,24). The Morgan fingerprint density at radius 3 is 2.60 bits per heavy atom. The van der Waals surface area contributed by atoms with Crippen LogP contribution < -0.4 is 4.74 Å². The summed E-state index contributed by atoms with van der Waals surface area (Å²) in [7, 11) is 0. The molecule has 3 aromatic rings. The topological polar surface area (TPSA) is 46.5 Å². The number of rotatable bonds is 4. The number of ether oxygens (including phenoxy) is 1. The van der Waals surface area contributed by atoms with Crippen LogP contribution in [0.4, 0.5) is 0 Å². The maximum absolute atomic E-state index is 10.9. The van der Waals surface area contributed by atoms with Crippen LogP contribution in [-0.2, 0) is 17.6 Å². The summed E-state index contributed by atoms with van der Waals surface area (Å²) in [6, 6.07) is 18.7. The molecule has 0 aromatic heterocycles. The number of carbonyl (C=O) groups is 1.